The molecule has 0 saturated carbocycles. The SMILES string of the molecule is CC(C)(C)c1ccccc1[NH2+][O-]. The van der Waals surface area contributed by atoms with Gasteiger partial charge in [0.05, 0.1) is 0 Å². The predicted octanol–water partition coefficient (Wildman–Crippen LogP) is 1.68. The third-order valence-corrected chi connectivity index (χ3v) is 1.90. The Bertz CT molecular complexity index is 263. The van der Waals surface area contributed by atoms with Crippen LogP contribution in [-0.4, -0.2) is 0 Å². The highest BCUT2D eigenvalue weighted by molar-refractivity contribution is 5.43. The molecule has 0 aliphatic carbocycles. The summed E-state index contributed by atoms with van der Waals surface area (Å²) in [5, 5.41) is 10.7. The van der Waals surface area contributed by atoms with E-state index in [1.165, 1.54) is 0 Å². The Morgan fingerprint density at radius 1 is 1.17 bits per heavy atom. The molecule has 0 spiro atoms. The van der Waals surface area contributed by atoms with Gasteiger partial charge < -0.3 is 10.7 Å². The van der Waals surface area contributed by atoms with Crippen molar-refractivity contribution < 1.29 is 5.48 Å². The van der Waals surface area contributed by atoms with E-state index in [1.807, 2.05) is 24.3 Å². The maximum atomic E-state index is 10.7. The molecule has 2 nitrogen and oxygen atoms in total. The highest BCUT2D eigenvalue weighted by Crippen LogP contribution is 2.26. The summed E-state index contributed by atoms with van der Waals surface area (Å²) in [7, 11) is 0. The molecule has 0 saturated heterocycles. The van der Waals surface area contributed by atoms with Gasteiger partial charge in [0.25, 0.3) is 0 Å². The van der Waals surface area contributed by atoms with Crippen molar-refractivity contribution in [2.24, 2.45) is 0 Å². The normalized spacial score (nSPS) is 11.7. The molecule has 2 heteroatoms. The van der Waals surface area contributed by atoms with Gasteiger partial charge in [-0.2, -0.15) is 0 Å². The molecule has 0 aliphatic rings. The van der Waals surface area contributed by atoms with Gasteiger partial charge in [-0.05, 0) is 11.5 Å². The van der Waals surface area contributed by atoms with Crippen LogP contribution < -0.4 is 5.48 Å². The second-order valence-electron chi connectivity index (χ2n) is 3.96. The topological polar surface area (TPSA) is 39.7 Å². The lowest BCUT2D eigenvalue weighted by Crippen LogP contribution is -2.70. The van der Waals surface area contributed by atoms with Crippen LogP contribution in [0.4, 0.5) is 5.69 Å². The van der Waals surface area contributed by atoms with Crippen molar-refractivity contribution in [3.8, 4) is 0 Å². The first-order valence-electron chi connectivity index (χ1n) is 4.10. The van der Waals surface area contributed by atoms with Crippen LogP contribution >= 0.6 is 0 Å². The van der Waals surface area contributed by atoms with Gasteiger partial charge in [-0.15, -0.1) is 0 Å². The summed E-state index contributed by atoms with van der Waals surface area (Å²) < 4.78 is 0. The molecule has 0 amide bonds. The molecule has 1 aromatic rings. The van der Waals surface area contributed by atoms with Crippen molar-refractivity contribution in [3.63, 3.8) is 0 Å². The molecule has 2 N–H and O–H groups in total. The molecule has 0 atom stereocenters. The van der Waals surface area contributed by atoms with Crippen LogP contribution in [0.15, 0.2) is 24.3 Å². The Morgan fingerprint density at radius 3 is 2.17 bits per heavy atom. The van der Waals surface area contributed by atoms with Crippen molar-refractivity contribution >= 4 is 5.69 Å². The fourth-order valence-corrected chi connectivity index (χ4v) is 1.28. The van der Waals surface area contributed by atoms with Crippen LogP contribution in [0.1, 0.15) is 26.3 Å². The molecular weight excluding hydrogens is 150 g/mol. The van der Waals surface area contributed by atoms with Crippen LogP contribution in [0.5, 0.6) is 0 Å². The number of rotatable bonds is 1. The molecule has 1 aromatic carbocycles. The third-order valence-electron chi connectivity index (χ3n) is 1.90. The minimum Gasteiger partial charge on any atom is -0.630 e. The van der Waals surface area contributed by atoms with E-state index in [4.69, 9.17) is 0 Å². The molecule has 66 valence electrons. The van der Waals surface area contributed by atoms with Gasteiger partial charge >= 0.3 is 0 Å². The standard InChI is InChI=1S/C10H15NO/c1-10(2,3)8-6-4-5-7-9(8)11-12/h4-7H,11H2,1-3H3. The van der Waals surface area contributed by atoms with Gasteiger partial charge in [0, 0.05) is 5.56 Å². The van der Waals surface area contributed by atoms with E-state index in [1.54, 1.807) is 0 Å². The second-order valence-corrected chi connectivity index (χ2v) is 3.96. The first-order chi connectivity index (χ1) is 5.55. The number of benzene rings is 1. The molecule has 12 heavy (non-hydrogen) atoms. The lowest BCUT2D eigenvalue weighted by molar-refractivity contribution is -0.498. The van der Waals surface area contributed by atoms with Crippen molar-refractivity contribution in [2.45, 2.75) is 26.2 Å². The monoisotopic (exact) mass is 165 g/mol. The molecule has 1 rings (SSSR count). The summed E-state index contributed by atoms with van der Waals surface area (Å²) in [6.07, 6.45) is 0. The zero-order valence-electron chi connectivity index (χ0n) is 7.79. The third kappa shape index (κ3) is 1.84. The van der Waals surface area contributed by atoms with Gasteiger partial charge in [0.15, 0.2) is 0 Å². The first kappa shape index (κ1) is 9.23. The van der Waals surface area contributed by atoms with Crippen molar-refractivity contribution in [1.82, 2.24) is 0 Å². The molecule has 0 aliphatic heterocycles. The van der Waals surface area contributed by atoms with Gasteiger partial charge in [-0.25, -0.2) is 0 Å². The quantitative estimate of drug-likeness (QED) is 0.499. The lowest BCUT2D eigenvalue weighted by atomic mass is 9.86. The van der Waals surface area contributed by atoms with Gasteiger partial charge in [-0.1, -0.05) is 39.0 Å². The predicted molar refractivity (Wildman–Crippen MR) is 50.1 cm³/mol. The smallest absolute Gasteiger partial charge is 0.133 e. The molecule has 0 aromatic heterocycles. The van der Waals surface area contributed by atoms with E-state index in [9.17, 15) is 5.21 Å². The maximum Gasteiger partial charge on any atom is 0.133 e. The molecule has 0 radical (unpaired) electrons. The van der Waals surface area contributed by atoms with Crippen LogP contribution in [0.25, 0.3) is 0 Å². The largest absolute Gasteiger partial charge is 0.630 e. The van der Waals surface area contributed by atoms with Crippen LogP contribution in [0, 0.1) is 5.21 Å². The van der Waals surface area contributed by atoms with E-state index in [0.29, 0.717) is 0 Å². The van der Waals surface area contributed by atoms with E-state index in [-0.39, 0.29) is 5.41 Å². The molecule has 0 fully saturated rings. The molecular formula is C10H15NO. The fourth-order valence-electron chi connectivity index (χ4n) is 1.28. The zero-order valence-corrected chi connectivity index (χ0v) is 7.79. The summed E-state index contributed by atoms with van der Waals surface area (Å²) >= 11 is 0. The first-order valence-corrected chi connectivity index (χ1v) is 4.10. The maximum absolute atomic E-state index is 10.7. The highest BCUT2D eigenvalue weighted by atomic mass is 16.5. The van der Waals surface area contributed by atoms with Crippen molar-refractivity contribution in [2.75, 3.05) is 0 Å². The number of nitrogens with two attached hydrogens (primary N) is 1. The Morgan fingerprint density at radius 2 is 1.75 bits per heavy atom. The number of hydrogen-bond donors (Lipinski definition) is 1. The van der Waals surface area contributed by atoms with E-state index in [0.717, 1.165) is 16.7 Å². The summed E-state index contributed by atoms with van der Waals surface area (Å²) in [6.45, 7) is 6.32. The molecule has 0 bridgehead atoms. The zero-order chi connectivity index (χ0) is 9.19. The summed E-state index contributed by atoms with van der Waals surface area (Å²) in [5.74, 6) is 0. The highest BCUT2D eigenvalue weighted by Gasteiger charge is 2.17. The average molecular weight is 165 g/mol. The summed E-state index contributed by atoms with van der Waals surface area (Å²) in [6, 6.07) is 7.71. The van der Waals surface area contributed by atoms with E-state index < -0.39 is 0 Å². The molecule has 0 heterocycles. The van der Waals surface area contributed by atoms with Crippen molar-refractivity contribution in [1.29, 1.82) is 0 Å². The van der Waals surface area contributed by atoms with Crippen LogP contribution in [0.3, 0.4) is 0 Å². The number of quaternary nitrogens is 1. The Labute approximate surface area is 73.2 Å². The fraction of sp³-hybridized carbons (Fsp3) is 0.400. The van der Waals surface area contributed by atoms with E-state index >= 15 is 0 Å². The summed E-state index contributed by atoms with van der Waals surface area (Å²) in [4.78, 5) is 0. The van der Waals surface area contributed by atoms with Gasteiger partial charge in [0.2, 0.25) is 0 Å². The minimum atomic E-state index is 0.0531. The average Bonchev–Trinajstić information content (AvgIpc) is 2.03. The summed E-state index contributed by atoms with van der Waals surface area (Å²) in [5.41, 5.74) is 2.88. The van der Waals surface area contributed by atoms with Crippen LogP contribution in [-0.2, 0) is 5.41 Å². The van der Waals surface area contributed by atoms with E-state index in [2.05, 4.69) is 20.8 Å². The second kappa shape index (κ2) is 3.25. The lowest BCUT2D eigenvalue weighted by Gasteiger charge is -2.21. The Balaban J connectivity index is 3.14. The Kier molecular flexibility index (Phi) is 2.50. The number of hydrogen-bond acceptors (Lipinski definition) is 1. The minimum absolute atomic E-state index is 0.0531. The Hall–Kier alpha value is -0.860. The van der Waals surface area contributed by atoms with Gasteiger partial charge in [-0.3, -0.25) is 0 Å². The van der Waals surface area contributed by atoms with Crippen molar-refractivity contribution in [3.05, 3.63) is 35.0 Å². The van der Waals surface area contributed by atoms with Crippen LogP contribution in [0.2, 0.25) is 0 Å². The molecule has 0 unspecified atom stereocenters. The van der Waals surface area contributed by atoms with Gasteiger partial charge in [0.1, 0.15) is 5.69 Å².